The summed E-state index contributed by atoms with van der Waals surface area (Å²) in [4.78, 5) is 22.2. The molecule has 0 aliphatic rings. The summed E-state index contributed by atoms with van der Waals surface area (Å²) >= 11 is 1.33. The summed E-state index contributed by atoms with van der Waals surface area (Å²) in [6.45, 7) is 2.11. The van der Waals surface area contributed by atoms with Crippen LogP contribution >= 0.6 is 11.3 Å². The molecule has 0 aliphatic carbocycles. The van der Waals surface area contributed by atoms with Gasteiger partial charge in [-0.25, -0.2) is 4.98 Å². The molecule has 6 heteroatoms. The largest absolute Gasteiger partial charge is 0.397 e. The number of amides is 1. The first-order valence-corrected chi connectivity index (χ1v) is 7.90. The lowest BCUT2D eigenvalue weighted by Gasteiger charge is -2.03. The van der Waals surface area contributed by atoms with E-state index in [9.17, 15) is 4.79 Å². The topological polar surface area (TPSA) is 80.9 Å². The third-order valence-electron chi connectivity index (χ3n) is 3.30. The molecule has 1 amide bonds. The number of hydrogen-bond donors (Lipinski definition) is 2. The lowest BCUT2D eigenvalue weighted by molar-refractivity contribution is 0.103. The maximum absolute atomic E-state index is 12.4. The minimum absolute atomic E-state index is 0.219. The van der Waals surface area contributed by atoms with Gasteiger partial charge in [0.2, 0.25) is 0 Å². The third kappa shape index (κ3) is 2.78. The monoisotopic (exact) mass is 312 g/mol. The fourth-order valence-electron chi connectivity index (χ4n) is 2.22. The van der Waals surface area contributed by atoms with Crippen molar-refractivity contribution in [2.75, 3.05) is 11.1 Å². The Kier molecular flexibility index (Phi) is 4.02. The molecular formula is C16H16N4OS. The van der Waals surface area contributed by atoms with E-state index < -0.39 is 0 Å². The van der Waals surface area contributed by atoms with E-state index in [0.29, 0.717) is 16.3 Å². The van der Waals surface area contributed by atoms with Crippen molar-refractivity contribution in [2.45, 2.75) is 19.8 Å². The van der Waals surface area contributed by atoms with Crippen LogP contribution in [0.5, 0.6) is 0 Å². The van der Waals surface area contributed by atoms with Crippen molar-refractivity contribution in [3.05, 3.63) is 47.2 Å². The Morgan fingerprint density at radius 2 is 2.05 bits per heavy atom. The van der Waals surface area contributed by atoms with E-state index >= 15 is 0 Å². The van der Waals surface area contributed by atoms with Gasteiger partial charge in [0.15, 0.2) is 0 Å². The average Bonchev–Trinajstić information content (AvgIpc) is 2.85. The lowest BCUT2D eigenvalue weighted by Crippen LogP contribution is -2.11. The highest BCUT2D eigenvalue weighted by Crippen LogP contribution is 2.33. The number of carbonyl (C=O) groups excluding carboxylic acids is 1. The van der Waals surface area contributed by atoms with Gasteiger partial charge in [-0.1, -0.05) is 13.3 Å². The quantitative estimate of drug-likeness (QED) is 0.773. The Bertz CT molecular complexity index is 814. The number of nitrogens with zero attached hydrogens (tertiary/aromatic N) is 2. The highest BCUT2D eigenvalue weighted by molar-refractivity contribution is 7.21. The Morgan fingerprint density at radius 1 is 1.27 bits per heavy atom. The minimum atomic E-state index is -0.219. The predicted molar refractivity (Wildman–Crippen MR) is 90.2 cm³/mol. The number of aryl methyl sites for hydroxylation is 1. The lowest BCUT2D eigenvalue weighted by atomic mass is 10.2. The second kappa shape index (κ2) is 6.11. The molecule has 0 spiro atoms. The van der Waals surface area contributed by atoms with Crippen molar-refractivity contribution in [2.24, 2.45) is 0 Å². The van der Waals surface area contributed by atoms with Crippen LogP contribution in [0, 0.1) is 0 Å². The first-order valence-electron chi connectivity index (χ1n) is 7.08. The van der Waals surface area contributed by atoms with Gasteiger partial charge in [-0.3, -0.25) is 9.78 Å². The van der Waals surface area contributed by atoms with Crippen molar-refractivity contribution >= 4 is 38.8 Å². The highest BCUT2D eigenvalue weighted by Gasteiger charge is 2.17. The molecule has 0 aliphatic heterocycles. The molecule has 0 bridgehead atoms. The molecule has 0 saturated heterocycles. The van der Waals surface area contributed by atoms with E-state index in [1.54, 1.807) is 24.5 Å². The molecule has 22 heavy (non-hydrogen) atoms. The number of nitrogens with two attached hydrogens (primary N) is 1. The zero-order valence-electron chi connectivity index (χ0n) is 12.2. The highest BCUT2D eigenvalue weighted by atomic mass is 32.1. The molecule has 5 nitrogen and oxygen atoms in total. The molecule has 0 aromatic carbocycles. The van der Waals surface area contributed by atoms with E-state index in [2.05, 4.69) is 22.2 Å². The smallest absolute Gasteiger partial charge is 0.267 e. The SMILES string of the molecule is CCCc1ccc2c(N)c(C(=O)Nc3ccncc3)sc2n1. The van der Waals surface area contributed by atoms with Gasteiger partial charge in [-0.05, 0) is 30.7 Å². The van der Waals surface area contributed by atoms with Crippen molar-refractivity contribution in [1.29, 1.82) is 0 Å². The van der Waals surface area contributed by atoms with E-state index in [1.807, 2.05) is 12.1 Å². The van der Waals surface area contributed by atoms with Crippen LogP contribution in [0.3, 0.4) is 0 Å². The fourth-order valence-corrected chi connectivity index (χ4v) is 3.23. The molecule has 0 fully saturated rings. The Balaban J connectivity index is 1.93. The fraction of sp³-hybridized carbons (Fsp3) is 0.188. The van der Waals surface area contributed by atoms with Crippen molar-refractivity contribution < 1.29 is 4.79 Å². The summed E-state index contributed by atoms with van der Waals surface area (Å²) < 4.78 is 0. The van der Waals surface area contributed by atoms with Gasteiger partial charge in [0.05, 0.1) is 5.69 Å². The second-order valence-electron chi connectivity index (χ2n) is 4.94. The third-order valence-corrected chi connectivity index (χ3v) is 4.42. The number of aromatic nitrogens is 2. The molecule has 0 radical (unpaired) electrons. The number of nitrogen functional groups attached to an aromatic ring is 1. The second-order valence-corrected chi connectivity index (χ2v) is 5.94. The zero-order chi connectivity index (χ0) is 15.5. The standard InChI is InChI=1S/C16H16N4OS/c1-2-3-10-4-5-12-13(17)14(22-16(12)20-10)15(21)19-11-6-8-18-9-7-11/h4-9H,2-3,17H2,1H3,(H,18,19,21). The number of fused-ring (bicyclic) bond motifs is 1. The molecule has 3 N–H and O–H groups in total. The van der Waals surface area contributed by atoms with Crippen LogP contribution in [0.2, 0.25) is 0 Å². The summed E-state index contributed by atoms with van der Waals surface area (Å²) in [6.07, 6.45) is 5.21. The number of pyridine rings is 2. The molecule has 3 heterocycles. The van der Waals surface area contributed by atoms with E-state index in [-0.39, 0.29) is 5.91 Å². The van der Waals surface area contributed by atoms with Gasteiger partial charge in [0.1, 0.15) is 9.71 Å². The molecule has 0 saturated carbocycles. The van der Waals surface area contributed by atoms with E-state index in [0.717, 1.165) is 28.8 Å². The predicted octanol–water partition coefficient (Wildman–Crippen LogP) is 3.48. The summed E-state index contributed by atoms with van der Waals surface area (Å²) in [7, 11) is 0. The summed E-state index contributed by atoms with van der Waals surface area (Å²) in [5, 5.41) is 3.66. The number of rotatable bonds is 4. The van der Waals surface area contributed by atoms with Crippen molar-refractivity contribution in [1.82, 2.24) is 9.97 Å². The molecular weight excluding hydrogens is 296 g/mol. The maximum atomic E-state index is 12.4. The average molecular weight is 312 g/mol. The van der Waals surface area contributed by atoms with E-state index in [4.69, 9.17) is 5.73 Å². The van der Waals surface area contributed by atoms with Crippen LogP contribution in [-0.2, 0) is 6.42 Å². The molecule has 3 aromatic heterocycles. The number of nitrogens with one attached hydrogen (secondary N) is 1. The molecule has 0 unspecified atom stereocenters. The van der Waals surface area contributed by atoms with Crippen LogP contribution in [0.25, 0.3) is 10.2 Å². The van der Waals surface area contributed by atoms with Gasteiger partial charge in [-0.2, -0.15) is 0 Å². The number of hydrogen-bond acceptors (Lipinski definition) is 5. The van der Waals surface area contributed by atoms with Crippen LogP contribution in [-0.4, -0.2) is 15.9 Å². The summed E-state index contributed by atoms with van der Waals surface area (Å²) in [5.74, 6) is -0.219. The van der Waals surface area contributed by atoms with Crippen LogP contribution in [0.4, 0.5) is 11.4 Å². The minimum Gasteiger partial charge on any atom is -0.397 e. The Labute approximate surface area is 132 Å². The van der Waals surface area contributed by atoms with Crippen LogP contribution < -0.4 is 11.1 Å². The molecule has 3 aromatic rings. The Hall–Kier alpha value is -2.47. The first-order chi connectivity index (χ1) is 10.7. The summed E-state index contributed by atoms with van der Waals surface area (Å²) in [6, 6.07) is 7.39. The van der Waals surface area contributed by atoms with Gasteiger partial charge in [0, 0.05) is 29.2 Å². The number of carbonyl (C=O) groups is 1. The van der Waals surface area contributed by atoms with Crippen molar-refractivity contribution in [3.63, 3.8) is 0 Å². The molecule has 112 valence electrons. The van der Waals surface area contributed by atoms with Gasteiger partial charge >= 0.3 is 0 Å². The number of anilines is 2. The van der Waals surface area contributed by atoms with Gasteiger partial charge in [-0.15, -0.1) is 11.3 Å². The van der Waals surface area contributed by atoms with Crippen LogP contribution in [0.15, 0.2) is 36.7 Å². The number of thiophene rings is 1. The zero-order valence-corrected chi connectivity index (χ0v) is 13.0. The van der Waals surface area contributed by atoms with Crippen molar-refractivity contribution in [3.8, 4) is 0 Å². The maximum Gasteiger partial charge on any atom is 0.267 e. The first kappa shape index (κ1) is 14.5. The van der Waals surface area contributed by atoms with E-state index in [1.165, 1.54) is 11.3 Å². The summed E-state index contributed by atoms with van der Waals surface area (Å²) in [5.41, 5.74) is 8.32. The Morgan fingerprint density at radius 3 is 2.77 bits per heavy atom. The molecule has 0 atom stereocenters. The van der Waals surface area contributed by atoms with Gasteiger partial charge < -0.3 is 11.1 Å². The van der Waals surface area contributed by atoms with Gasteiger partial charge in [0.25, 0.3) is 5.91 Å². The normalized spacial score (nSPS) is 10.8. The molecule has 3 rings (SSSR count). The van der Waals surface area contributed by atoms with Crippen LogP contribution in [0.1, 0.15) is 28.7 Å².